The van der Waals surface area contributed by atoms with Crippen LogP contribution in [0.2, 0.25) is 0 Å². The molecule has 4 bridgehead atoms. The first-order valence-corrected chi connectivity index (χ1v) is 10.6. The molecule has 4 fully saturated rings. The molecule has 146 valence electrons. The molecule has 0 saturated heterocycles. The van der Waals surface area contributed by atoms with Crippen LogP contribution >= 0.6 is 0 Å². The zero-order chi connectivity index (χ0) is 19.3. The summed E-state index contributed by atoms with van der Waals surface area (Å²) >= 11 is 0. The van der Waals surface area contributed by atoms with Crippen LogP contribution in [0.5, 0.6) is 0 Å². The fourth-order valence-electron chi connectivity index (χ4n) is 6.61. The Morgan fingerprint density at radius 2 is 1.57 bits per heavy atom. The van der Waals surface area contributed by atoms with Crippen molar-refractivity contribution in [2.24, 2.45) is 28.9 Å². The van der Waals surface area contributed by atoms with Gasteiger partial charge in [0.25, 0.3) is 0 Å². The van der Waals surface area contributed by atoms with E-state index >= 15 is 0 Å². The van der Waals surface area contributed by atoms with Crippen molar-refractivity contribution in [2.45, 2.75) is 51.0 Å². The molecule has 2 aromatic carbocycles. The van der Waals surface area contributed by atoms with Crippen molar-refractivity contribution in [3.63, 3.8) is 0 Å². The van der Waals surface area contributed by atoms with E-state index in [0.29, 0.717) is 24.2 Å². The predicted octanol–water partition coefficient (Wildman–Crippen LogP) is 3.57. The molecule has 4 aliphatic carbocycles. The average Bonchev–Trinajstić information content (AvgIpc) is 2.66. The van der Waals surface area contributed by atoms with Gasteiger partial charge in [0.15, 0.2) is 0 Å². The van der Waals surface area contributed by atoms with Gasteiger partial charge in [-0.05, 0) is 72.6 Å². The molecule has 0 spiro atoms. The Balaban J connectivity index is 1.37. The number of hydrogen-bond donors (Lipinski definition) is 2. The smallest absolute Gasteiger partial charge is 0.240 e. The van der Waals surface area contributed by atoms with Gasteiger partial charge in [-0.15, -0.1) is 0 Å². The van der Waals surface area contributed by atoms with Gasteiger partial charge in [0.2, 0.25) is 11.8 Å². The minimum atomic E-state index is -0.661. The maximum Gasteiger partial charge on any atom is 0.240 e. The van der Waals surface area contributed by atoms with Crippen LogP contribution in [0.3, 0.4) is 0 Å². The van der Waals surface area contributed by atoms with E-state index in [2.05, 4.69) is 23.5 Å². The first-order chi connectivity index (χ1) is 13.5. The predicted molar refractivity (Wildman–Crippen MR) is 109 cm³/mol. The number of carbonyl (C=O) groups is 2. The lowest BCUT2D eigenvalue weighted by molar-refractivity contribution is -0.148. The van der Waals surface area contributed by atoms with Crippen LogP contribution in [0.4, 0.5) is 0 Å². The number of hydrogen-bond acceptors (Lipinski definition) is 2. The molecule has 2 amide bonds. The third-order valence-electron chi connectivity index (χ3n) is 7.47. The molecule has 4 nitrogen and oxygen atoms in total. The number of nitrogens with two attached hydrogens (primary N) is 1. The molecule has 4 aliphatic rings. The van der Waals surface area contributed by atoms with Crippen LogP contribution in [0.25, 0.3) is 10.8 Å². The van der Waals surface area contributed by atoms with Crippen molar-refractivity contribution in [3.8, 4) is 0 Å². The highest BCUT2D eigenvalue weighted by atomic mass is 16.2. The third-order valence-corrected chi connectivity index (χ3v) is 7.47. The van der Waals surface area contributed by atoms with E-state index in [-0.39, 0.29) is 11.3 Å². The molecule has 4 heteroatoms. The summed E-state index contributed by atoms with van der Waals surface area (Å²) in [6, 6.07) is 13.5. The van der Waals surface area contributed by atoms with Gasteiger partial charge in [0, 0.05) is 11.8 Å². The van der Waals surface area contributed by atoms with Crippen molar-refractivity contribution in [1.29, 1.82) is 0 Å². The topological polar surface area (TPSA) is 72.2 Å². The molecule has 28 heavy (non-hydrogen) atoms. The molecule has 6 rings (SSSR count). The Hall–Kier alpha value is -2.36. The van der Waals surface area contributed by atoms with Crippen LogP contribution in [-0.4, -0.2) is 17.9 Å². The summed E-state index contributed by atoms with van der Waals surface area (Å²) in [7, 11) is 0. The van der Waals surface area contributed by atoms with Crippen molar-refractivity contribution >= 4 is 22.6 Å². The van der Waals surface area contributed by atoms with E-state index in [1.807, 2.05) is 24.3 Å². The lowest BCUT2D eigenvalue weighted by Crippen LogP contribution is -2.57. The fraction of sp³-hybridized carbons (Fsp3) is 0.500. The molecule has 2 aromatic rings. The largest absolute Gasteiger partial charge is 0.368 e. The molecule has 0 heterocycles. The number of fused-ring (bicyclic) bond motifs is 1. The zero-order valence-corrected chi connectivity index (χ0v) is 16.2. The van der Waals surface area contributed by atoms with Crippen molar-refractivity contribution in [1.82, 2.24) is 5.32 Å². The molecule has 3 N–H and O–H groups in total. The minimum Gasteiger partial charge on any atom is -0.368 e. The van der Waals surface area contributed by atoms with Gasteiger partial charge < -0.3 is 11.1 Å². The highest BCUT2D eigenvalue weighted by Crippen LogP contribution is 2.60. The van der Waals surface area contributed by atoms with Gasteiger partial charge in [0.1, 0.15) is 6.04 Å². The molecule has 0 radical (unpaired) electrons. The number of nitrogens with one attached hydrogen (secondary N) is 1. The normalized spacial score (nSPS) is 31.6. The van der Waals surface area contributed by atoms with Gasteiger partial charge in [-0.3, -0.25) is 9.59 Å². The summed E-state index contributed by atoms with van der Waals surface area (Å²) in [4.78, 5) is 25.6. The number of rotatable bonds is 5. The molecule has 0 aliphatic heterocycles. The van der Waals surface area contributed by atoms with Crippen LogP contribution in [0.15, 0.2) is 42.5 Å². The SMILES string of the molecule is NC(=O)[C@@H](Cc1cccc2ccccc12)NC(=O)C12CC3CC(CC(C3)C1)C2. The lowest BCUT2D eigenvalue weighted by atomic mass is 9.49. The summed E-state index contributed by atoms with van der Waals surface area (Å²) in [5.41, 5.74) is 6.50. The lowest BCUT2D eigenvalue weighted by Gasteiger charge is -2.55. The summed E-state index contributed by atoms with van der Waals surface area (Å²) in [5, 5.41) is 5.32. The van der Waals surface area contributed by atoms with E-state index in [4.69, 9.17) is 5.73 Å². The molecule has 4 saturated carbocycles. The van der Waals surface area contributed by atoms with Crippen molar-refractivity contribution in [2.75, 3.05) is 0 Å². The second-order valence-electron chi connectivity index (χ2n) is 9.47. The maximum atomic E-state index is 13.3. The highest BCUT2D eigenvalue weighted by molar-refractivity contribution is 5.91. The molecule has 0 aromatic heterocycles. The zero-order valence-electron chi connectivity index (χ0n) is 16.2. The van der Waals surface area contributed by atoms with Crippen molar-refractivity contribution in [3.05, 3.63) is 48.0 Å². The highest BCUT2D eigenvalue weighted by Gasteiger charge is 2.54. The molecular formula is C24H28N2O2. The van der Waals surface area contributed by atoms with E-state index in [9.17, 15) is 9.59 Å². The molecule has 1 atom stereocenters. The fourth-order valence-corrected chi connectivity index (χ4v) is 6.61. The summed E-state index contributed by atoms with van der Waals surface area (Å²) in [5.74, 6) is 1.70. The number of carbonyl (C=O) groups excluding carboxylic acids is 2. The van der Waals surface area contributed by atoms with Crippen LogP contribution < -0.4 is 11.1 Å². The first kappa shape index (κ1) is 17.7. The summed E-state index contributed by atoms with van der Waals surface area (Å²) < 4.78 is 0. The van der Waals surface area contributed by atoms with Crippen LogP contribution in [-0.2, 0) is 16.0 Å². The number of benzene rings is 2. The molecule has 0 unspecified atom stereocenters. The quantitative estimate of drug-likeness (QED) is 0.837. The minimum absolute atomic E-state index is 0.0654. The Bertz CT molecular complexity index is 895. The van der Waals surface area contributed by atoms with Crippen LogP contribution in [0, 0.1) is 23.2 Å². The molecular weight excluding hydrogens is 348 g/mol. The Morgan fingerprint density at radius 3 is 2.21 bits per heavy atom. The maximum absolute atomic E-state index is 13.3. The second kappa shape index (κ2) is 6.61. The number of amides is 2. The Morgan fingerprint density at radius 1 is 0.964 bits per heavy atom. The van der Waals surface area contributed by atoms with Gasteiger partial charge >= 0.3 is 0 Å². The van der Waals surface area contributed by atoms with Crippen molar-refractivity contribution < 1.29 is 9.59 Å². The van der Waals surface area contributed by atoms with Gasteiger partial charge in [-0.2, -0.15) is 0 Å². The van der Waals surface area contributed by atoms with E-state index in [0.717, 1.165) is 35.6 Å². The van der Waals surface area contributed by atoms with E-state index in [1.165, 1.54) is 19.3 Å². The standard InChI is InChI=1S/C24H28N2O2/c25-22(27)21(11-19-6-3-5-18-4-1-2-7-20(18)19)26-23(28)24-12-15-8-16(13-24)10-17(9-15)14-24/h1-7,15-17,21H,8-14H2,(H2,25,27)(H,26,28)/t15?,16?,17?,21-,24?/m1/s1. The first-order valence-electron chi connectivity index (χ1n) is 10.6. The van der Waals surface area contributed by atoms with Crippen LogP contribution in [0.1, 0.15) is 44.1 Å². The summed E-state index contributed by atoms with van der Waals surface area (Å²) in [6.45, 7) is 0. The Kier molecular flexibility index (Phi) is 4.18. The Labute approximate surface area is 165 Å². The average molecular weight is 377 g/mol. The monoisotopic (exact) mass is 376 g/mol. The van der Waals surface area contributed by atoms with E-state index in [1.54, 1.807) is 0 Å². The van der Waals surface area contributed by atoms with Gasteiger partial charge in [-0.1, -0.05) is 42.5 Å². The summed E-state index contributed by atoms with van der Waals surface area (Å²) in [6.07, 6.45) is 7.29. The van der Waals surface area contributed by atoms with Gasteiger partial charge in [0.05, 0.1) is 0 Å². The van der Waals surface area contributed by atoms with E-state index < -0.39 is 11.9 Å². The van der Waals surface area contributed by atoms with Gasteiger partial charge in [-0.25, -0.2) is 0 Å². The second-order valence-corrected chi connectivity index (χ2v) is 9.47. The third kappa shape index (κ3) is 2.99. The number of primary amides is 1.